The van der Waals surface area contributed by atoms with Gasteiger partial charge in [0.2, 0.25) is 5.91 Å². The summed E-state index contributed by atoms with van der Waals surface area (Å²) in [4.78, 5) is 18.0. The van der Waals surface area contributed by atoms with Crippen LogP contribution in [0.1, 0.15) is 32.7 Å². The Balaban J connectivity index is 1.37. The number of carbonyl (C=O) groups excluding carboxylic acids is 1. The van der Waals surface area contributed by atoms with Crippen molar-refractivity contribution in [2.45, 2.75) is 31.5 Å². The van der Waals surface area contributed by atoms with Crippen molar-refractivity contribution in [1.29, 1.82) is 0 Å². The van der Waals surface area contributed by atoms with Gasteiger partial charge in [-0.1, -0.05) is 35.5 Å². The van der Waals surface area contributed by atoms with Crippen LogP contribution in [0.3, 0.4) is 0 Å². The van der Waals surface area contributed by atoms with E-state index in [2.05, 4.69) is 70.3 Å². The average molecular weight is 467 g/mol. The fourth-order valence-corrected chi connectivity index (χ4v) is 6.62. The molecule has 5 rings (SSSR count). The maximum Gasteiger partial charge on any atom is 0.233 e. The first-order valence-electron chi connectivity index (χ1n) is 10.1. The number of aromatic nitrogens is 3. The van der Waals surface area contributed by atoms with Gasteiger partial charge in [0, 0.05) is 22.0 Å². The highest BCUT2D eigenvalue weighted by molar-refractivity contribution is 7.99. The summed E-state index contributed by atoms with van der Waals surface area (Å²) < 4.78 is 2.02. The topological polar surface area (TPSA) is 51.0 Å². The van der Waals surface area contributed by atoms with Crippen molar-refractivity contribution < 1.29 is 4.79 Å². The van der Waals surface area contributed by atoms with Crippen LogP contribution in [0.15, 0.2) is 58.4 Å². The molecule has 4 aromatic rings. The summed E-state index contributed by atoms with van der Waals surface area (Å²) in [6.45, 7) is 4.76. The van der Waals surface area contributed by atoms with Gasteiger partial charge in [-0.3, -0.25) is 9.36 Å². The molecule has 31 heavy (non-hydrogen) atoms. The van der Waals surface area contributed by atoms with E-state index in [1.807, 2.05) is 16.4 Å². The number of benzene rings is 1. The zero-order chi connectivity index (χ0) is 21.4. The average Bonchev–Trinajstić information content (AvgIpc) is 3.53. The van der Waals surface area contributed by atoms with E-state index in [0.29, 0.717) is 5.75 Å². The third-order valence-electron chi connectivity index (χ3n) is 5.51. The van der Waals surface area contributed by atoms with E-state index in [-0.39, 0.29) is 11.9 Å². The first-order valence-corrected chi connectivity index (χ1v) is 12.9. The van der Waals surface area contributed by atoms with Gasteiger partial charge in [0.15, 0.2) is 5.16 Å². The van der Waals surface area contributed by atoms with Crippen LogP contribution in [-0.2, 0) is 11.2 Å². The number of aryl methyl sites for hydroxylation is 2. The van der Waals surface area contributed by atoms with Crippen LogP contribution in [0.4, 0.5) is 0 Å². The first kappa shape index (κ1) is 20.5. The Labute approximate surface area is 193 Å². The number of amides is 1. The predicted octanol–water partition coefficient (Wildman–Crippen LogP) is 5.27. The number of hydrogen-bond acceptors (Lipinski definition) is 6. The van der Waals surface area contributed by atoms with Crippen molar-refractivity contribution in [3.05, 3.63) is 79.9 Å². The number of thiophene rings is 2. The fourth-order valence-electron chi connectivity index (χ4n) is 3.98. The molecule has 0 bridgehead atoms. The van der Waals surface area contributed by atoms with Gasteiger partial charge < -0.3 is 4.90 Å². The van der Waals surface area contributed by atoms with Gasteiger partial charge in [0.05, 0.1) is 11.8 Å². The molecule has 1 amide bonds. The molecule has 1 unspecified atom stereocenters. The molecule has 0 N–H and O–H groups in total. The number of hydrogen-bond donors (Lipinski definition) is 0. The minimum atomic E-state index is 0.0137. The summed E-state index contributed by atoms with van der Waals surface area (Å²) in [7, 11) is 0. The van der Waals surface area contributed by atoms with E-state index in [1.165, 1.54) is 32.6 Å². The highest BCUT2D eigenvalue weighted by atomic mass is 32.2. The Hall–Kier alpha value is -2.42. The summed E-state index contributed by atoms with van der Waals surface area (Å²) in [6.07, 6.45) is 0.921. The second kappa shape index (κ2) is 8.61. The summed E-state index contributed by atoms with van der Waals surface area (Å²) in [6, 6.07) is 14.7. The number of carbonyl (C=O) groups is 1. The van der Waals surface area contributed by atoms with E-state index in [4.69, 9.17) is 0 Å². The maximum atomic E-state index is 13.4. The smallest absolute Gasteiger partial charge is 0.233 e. The van der Waals surface area contributed by atoms with Crippen LogP contribution in [0.2, 0.25) is 0 Å². The van der Waals surface area contributed by atoms with Gasteiger partial charge in [-0.15, -0.1) is 32.9 Å². The molecular weight excluding hydrogens is 444 g/mol. The lowest BCUT2D eigenvalue weighted by Crippen LogP contribution is -2.40. The van der Waals surface area contributed by atoms with E-state index in [0.717, 1.165) is 29.6 Å². The van der Waals surface area contributed by atoms with Crippen LogP contribution in [0.25, 0.3) is 5.69 Å². The molecule has 0 fully saturated rings. The highest BCUT2D eigenvalue weighted by Gasteiger charge is 2.33. The van der Waals surface area contributed by atoms with Crippen molar-refractivity contribution in [3.8, 4) is 5.69 Å². The number of thioether (sulfide) groups is 1. The number of nitrogens with zero attached hydrogens (tertiary/aromatic N) is 4. The molecule has 0 saturated carbocycles. The zero-order valence-electron chi connectivity index (χ0n) is 17.3. The molecule has 1 atom stereocenters. The summed E-state index contributed by atoms with van der Waals surface area (Å²) >= 11 is 4.96. The Morgan fingerprint density at radius 1 is 1.10 bits per heavy atom. The number of rotatable bonds is 5. The Morgan fingerprint density at radius 2 is 1.94 bits per heavy atom. The summed E-state index contributed by atoms with van der Waals surface area (Å²) in [5.41, 5.74) is 3.49. The maximum absolute atomic E-state index is 13.4. The minimum Gasteiger partial charge on any atom is -0.330 e. The molecule has 0 aliphatic carbocycles. The zero-order valence-corrected chi connectivity index (χ0v) is 19.8. The third-order valence-corrected chi connectivity index (χ3v) is 8.35. The van der Waals surface area contributed by atoms with E-state index in [1.54, 1.807) is 22.7 Å². The van der Waals surface area contributed by atoms with Crippen molar-refractivity contribution in [2.24, 2.45) is 0 Å². The van der Waals surface area contributed by atoms with E-state index in [9.17, 15) is 4.79 Å². The Morgan fingerprint density at radius 3 is 2.71 bits per heavy atom. The molecule has 0 spiro atoms. The van der Waals surface area contributed by atoms with Crippen LogP contribution in [0, 0.1) is 13.8 Å². The Bertz CT molecular complexity index is 1190. The van der Waals surface area contributed by atoms with E-state index < -0.39 is 0 Å². The monoisotopic (exact) mass is 466 g/mol. The quantitative estimate of drug-likeness (QED) is 0.376. The van der Waals surface area contributed by atoms with Crippen LogP contribution >= 0.6 is 34.4 Å². The molecule has 1 aromatic carbocycles. The second-order valence-corrected chi connectivity index (χ2v) is 10.5. The van der Waals surface area contributed by atoms with Gasteiger partial charge >= 0.3 is 0 Å². The van der Waals surface area contributed by atoms with Crippen LogP contribution < -0.4 is 0 Å². The van der Waals surface area contributed by atoms with E-state index >= 15 is 0 Å². The third kappa shape index (κ3) is 3.95. The summed E-state index contributed by atoms with van der Waals surface area (Å²) in [5.74, 6) is 1.29. The lowest BCUT2D eigenvalue weighted by atomic mass is 9.98. The molecule has 0 saturated heterocycles. The molecule has 1 aliphatic rings. The number of fused-ring (bicyclic) bond motifs is 1. The normalized spacial score (nSPS) is 15.8. The van der Waals surface area contributed by atoms with Crippen LogP contribution in [0.5, 0.6) is 0 Å². The highest BCUT2D eigenvalue weighted by Crippen LogP contribution is 2.40. The van der Waals surface area contributed by atoms with Crippen molar-refractivity contribution in [1.82, 2.24) is 19.7 Å². The molecule has 5 nitrogen and oxygen atoms in total. The van der Waals surface area contributed by atoms with Crippen molar-refractivity contribution in [2.75, 3.05) is 12.3 Å². The predicted molar refractivity (Wildman–Crippen MR) is 127 cm³/mol. The standard InChI is InChI=1S/C23H22N4OS3/c1-15-5-7-17(8-6-15)27-16(2)24-25-23(27)31-14-21(28)26-11-9-19-18(10-13-30-19)22(26)20-4-3-12-29-20/h3-8,10,12-13,22H,9,11,14H2,1-2H3. The molecule has 158 valence electrons. The largest absolute Gasteiger partial charge is 0.330 e. The van der Waals surface area contributed by atoms with Gasteiger partial charge in [0.25, 0.3) is 0 Å². The van der Waals surface area contributed by atoms with Crippen molar-refractivity contribution >= 4 is 40.3 Å². The van der Waals surface area contributed by atoms with Gasteiger partial charge in [-0.05, 0) is 60.9 Å². The minimum absolute atomic E-state index is 0.0137. The molecule has 3 aromatic heterocycles. The van der Waals surface area contributed by atoms with Crippen molar-refractivity contribution in [3.63, 3.8) is 0 Å². The SMILES string of the molecule is Cc1ccc(-n2c(C)nnc2SCC(=O)N2CCc3sccc3C2c2cccs2)cc1. The van der Waals surface area contributed by atoms with Crippen LogP contribution in [-0.4, -0.2) is 37.9 Å². The van der Waals surface area contributed by atoms with Gasteiger partial charge in [-0.2, -0.15) is 0 Å². The molecule has 8 heteroatoms. The molecule has 0 radical (unpaired) electrons. The lowest BCUT2D eigenvalue weighted by molar-refractivity contribution is -0.130. The fraction of sp³-hybridized carbons (Fsp3) is 0.261. The van der Waals surface area contributed by atoms with Gasteiger partial charge in [-0.25, -0.2) is 0 Å². The molecule has 1 aliphatic heterocycles. The second-order valence-electron chi connectivity index (χ2n) is 7.54. The molecule has 4 heterocycles. The Kier molecular flexibility index (Phi) is 5.69. The summed E-state index contributed by atoms with van der Waals surface area (Å²) in [5, 5.41) is 13.6. The van der Waals surface area contributed by atoms with Gasteiger partial charge in [0.1, 0.15) is 5.82 Å². The molecular formula is C23H22N4OS3. The lowest BCUT2D eigenvalue weighted by Gasteiger charge is -2.35. The first-order chi connectivity index (χ1) is 15.1.